The quantitative estimate of drug-likeness (QED) is 0.0268. The molecule has 7 unspecified atom stereocenters. The summed E-state index contributed by atoms with van der Waals surface area (Å²) in [5, 5.41) is 54.1. The van der Waals surface area contributed by atoms with Crippen molar-refractivity contribution in [3.8, 4) is 0 Å². The van der Waals surface area contributed by atoms with Crippen molar-refractivity contribution in [2.75, 3.05) is 13.2 Å². The summed E-state index contributed by atoms with van der Waals surface area (Å²) in [6.07, 6.45) is 50.6. The van der Waals surface area contributed by atoms with E-state index in [0.29, 0.717) is 12.8 Å². The van der Waals surface area contributed by atoms with Crippen LogP contribution in [0.4, 0.5) is 0 Å². The highest BCUT2D eigenvalue weighted by molar-refractivity contribution is 5.77. The monoisotopic (exact) mass is 840 g/mol. The zero-order valence-electron chi connectivity index (χ0n) is 37.4. The van der Waals surface area contributed by atoms with Gasteiger partial charge in [0.15, 0.2) is 6.29 Å². The van der Waals surface area contributed by atoms with Crippen LogP contribution in [0.5, 0.6) is 0 Å². The van der Waals surface area contributed by atoms with Crippen molar-refractivity contribution in [1.82, 2.24) is 5.32 Å². The van der Waals surface area contributed by atoms with E-state index in [0.717, 1.165) is 51.4 Å². The topological polar surface area (TPSA) is 149 Å². The Labute approximate surface area is 364 Å². The van der Waals surface area contributed by atoms with Gasteiger partial charge in [0, 0.05) is 6.42 Å². The van der Waals surface area contributed by atoms with Gasteiger partial charge in [0.1, 0.15) is 24.4 Å². The third-order valence-corrected chi connectivity index (χ3v) is 10.4. The van der Waals surface area contributed by atoms with E-state index in [1.165, 1.54) is 77.0 Å². The van der Waals surface area contributed by atoms with E-state index in [1.54, 1.807) is 12.2 Å². The summed E-state index contributed by atoms with van der Waals surface area (Å²) in [6.45, 7) is 3.56. The summed E-state index contributed by atoms with van der Waals surface area (Å²) in [6, 6.07) is -0.888. The van der Waals surface area contributed by atoms with Gasteiger partial charge < -0.3 is 40.3 Å². The van der Waals surface area contributed by atoms with Crippen LogP contribution in [-0.4, -0.2) is 87.5 Å². The lowest BCUT2D eigenvalue weighted by molar-refractivity contribution is -0.302. The molecule has 0 aromatic rings. The molecule has 7 atom stereocenters. The van der Waals surface area contributed by atoms with Gasteiger partial charge in [0.25, 0.3) is 0 Å². The number of carbonyl (C=O) groups is 1. The Morgan fingerprint density at radius 2 is 1.05 bits per heavy atom. The largest absolute Gasteiger partial charge is 0.394 e. The third-order valence-electron chi connectivity index (χ3n) is 10.4. The average Bonchev–Trinajstić information content (AvgIpc) is 3.25. The number of carbonyl (C=O) groups excluding carboxylic acids is 1. The maximum absolute atomic E-state index is 12.9. The molecular weight excluding hydrogens is 755 g/mol. The van der Waals surface area contributed by atoms with E-state index in [4.69, 9.17) is 9.47 Å². The second-order valence-corrected chi connectivity index (χ2v) is 15.8. The lowest BCUT2D eigenvalue weighted by atomic mass is 9.99. The minimum absolute atomic E-state index is 0.0971. The van der Waals surface area contributed by atoms with Crippen LogP contribution in [0.2, 0.25) is 0 Å². The second kappa shape index (κ2) is 40.2. The van der Waals surface area contributed by atoms with Crippen molar-refractivity contribution in [3.05, 3.63) is 97.2 Å². The Kier molecular flexibility index (Phi) is 36.9. The molecule has 1 saturated heterocycles. The van der Waals surface area contributed by atoms with E-state index < -0.39 is 49.5 Å². The SMILES string of the molecule is CC/C=C\C/C=C\C/C=C\C/C=C\C/C=C\CC(=O)NC(COC1OC(CO)C(O)C(O)C1O)C(O)/C=C/CC/C=C/CC/C=C/CCCCCCCCCCCCCC. The summed E-state index contributed by atoms with van der Waals surface area (Å²) < 4.78 is 11.1. The maximum atomic E-state index is 12.9. The van der Waals surface area contributed by atoms with E-state index in [-0.39, 0.29) is 18.9 Å². The molecule has 0 aliphatic carbocycles. The van der Waals surface area contributed by atoms with Crippen LogP contribution in [0.15, 0.2) is 97.2 Å². The van der Waals surface area contributed by atoms with Crippen molar-refractivity contribution in [3.63, 3.8) is 0 Å². The highest BCUT2D eigenvalue weighted by Crippen LogP contribution is 2.22. The third kappa shape index (κ3) is 30.2. The number of allylic oxidation sites excluding steroid dienone is 14. The maximum Gasteiger partial charge on any atom is 0.224 e. The van der Waals surface area contributed by atoms with Crippen LogP contribution >= 0.6 is 0 Å². The Morgan fingerprint density at radius 1 is 0.583 bits per heavy atom. The summed E-state index contributed by atoms with van der Waals surface area (Å²) in [7, 11) is 0. The molecule has 1 aliphatic heterocycles. The number of hydrogen-bond acceptors (Lipinski definition) is 8. The number of hydrogen-bond donors (Lipinski definition) is 6. The molecule has 9 nitrogen and oxygen atoms in total. The predicted octanol–water partition coefficient (Wildman–Crippen LogP) is 10.1. The minimum atomic E-state index is -1.60. The standard InChI is InChI=1S/C51H85NO8/c1-3-5-7-9-11-13-15-17-19-20-21-22-23-24-25-27-28-30-32-34-36-38-40-45(54)44(43-59-51-50(58)49(57)48(56)46(42-53)60-51)52-47(55)41-39-37-35-33-31-29-26-18-16-14-12-10-8-6-4-2/h6,8,12,14,18,24-26,30-33,37-40,44-46,48-51,53-54,56-58H,3-5,7,9-11,13,15-17,19-23,27-29,34-36,41-43H2,1-2H3,(H,52,55)/b8-6-,14-12-,25-24+,26-18-,32-30+,33-31-,39-37-,40-38+. The zero-order chi connectivity index (χ0) is 43.7. The molecule has 1 rings (SSSR count). The van der Waals surface area contributed by atoms with Crippen LogP contribution in [0.25, 0.3) is 0 Å². The van der Waals surface area contributed by atoms with Gasteiger partial charge in [0.05, 0.1) is 25.4 Å². The number of aliphatic hydroxyl groups is 5. The molecule has 1 amide bonds. The molecule has 1 aliphatic rings. The molecule has 60 heavy (non-hydrogen) atoms. The molecule has 6 N–H and O–H groups in total. The Morgan fingerprint density at radius 3 is 1.57 bits per heavy atom. The van der Waals surface area contributed by atoms with Crippen molar-refractivity contribution < 1.29 is 39.8 Å². The van der Waals surface area contributed by atoms with Crippen LogP contribution in [0, 0.1) is 0 Å². The highest BCUT2D eigenvalue weighted by atomic mass is 16.7. The van der Waals surface area contributed by atoms with Crippen LogP contribution in [-0.2, 0) is 14.3 Å². The van der Waals surface area contributed by atoms with E-state index >= 15 is 0 Å². The molecule has 0 aromatic heterocycles. The van der Waals surface area contributed by atoms with Crippen LogP contribution in [0.3, 0.4) is 0 Å². The van der Waals surface area contributed by atoms with Gasteiger partial charge in [-0.25, -0.2) is 0 Å². The lowest BCUT2D eigenvalue weighted by Crippen LogP contribution is -2.60. The minimum Gasteiger partial charge on any atom is -0.394 e. The number of rotatable bonds is 37. The fourth-order valence-corrected chi connectivity index (χ4v) is 6.67. The molecular formula is C51H85NO8. The average molecular weight is 840 g/mol. The normalized spacial score (nSPS) is 21.5. The lowest BCUT2D eigenvalue weighted by Gasteiger charge is -2.40. The molecule has 0 aromatic carbocycles. The number of nitrogens with one attached hydrogen (secondary N) is 1. The number of ether oxygens (including phenoxy) is 2. The summed E-state index contributed by atoms with van der Waals surface area (Å²) in [5.74, 6) is -0.322. The van der Waals surface area contributed by atoms with Gasteiger partial charge in [-0.2, -0.15) is 0 Å². The first kappa shape index (κ1) is 55.1. The highest BCUT2D eigenvalue weighted by Gasteiger charge is 2.44. The predicted molar refractivity (Wildman–Crippen MR) is 248 cm³/mol. The smallest absolute Gasteiger partial charge is 0.224 e. The van der Waals surface area contributed by atoms with Crippen molar-refractivity contribution >= 4 is 5.91 Å². The summed E-state index contributed by atoms with van der Waals surface area (Å²) in [5.41, 5.74) is 0. The molecule has 0 radical (unpaired) electrons. The zero-order valence-corrected chi connectivity index (χ0v) is 37.4. The van der Waals surface area contributed by atoms with Gasteiger partial charge in [-0.1, -0.05) is 182 Å². The van der Waals surface area contributed by atoms with Gasteiger partial charge >= 0.3 is 0 Å². The van der Waals surface area contributed by atoms with Gasteiger partial charge in [-0.05, 0) is 70.6 Å². The molecule has 0 saturated carbocycles. The first-order valence-corrected chi connectivity index (χ1v) is 23.5. The first-order chi connectivity index (χ1) is 29.3. The number of unbranched alkanes of at least 4 members (excludes halogenated alkanes) is 14. The Hall–Kier alpha value is -2.89. The van der Waals surface area contributed by atoms with Crippen molar-refractivity contribution in [2.45, 2.75) is 204 Å². The van der Waals surface area contributed by atoms with E-state index in [2.05, 4.69) is 86.0 Å². The number of aliphatic hydroxyl groups excluding tert-OH is 5. The molecule has 9 heteroatoms. The Balaban J connectivity index is 2.44. The van der Waals surface area contributed by atoms with Gasteiger partial charge in [-0.15, -0.1) is 0 Å². The summed E-state index contributed by atoms with van der Waals surface area (Å²) >= 11 is 0. The van der Waals surface area contributed by atoms with E-state index in [9.17, 15) is 30.3 Å². The fourth-order valence-electron chi connectivity index (χ4n) is 6.67. The van der Waals surface area contributed by atoms with Crippen LogP contribution < -0.4 is 5.32 Å². The number of amides is 1. The Bertz CT molecular complexity index is 1250. The molecule has 1 heterocycles. The molecule has 1 fully saturated rings. The molecule has 0 bridgehead atoms. The van der Waals surface area contributed by atoms with Gasteiger partial charge in [-0.3, -0.25) is 4.79 Å². The molecule has 0 spiro atoms. The fraction of sp³-hybridized carbons (Fsp3) is 0.667. The van der Waals surface area contributed by atoms with Gasteiger partial charge in [0.2, 0.25) is 5.91 Å². The first-order valence-electron chi connectivity index (χ1n) is 23.5. The van der Waals surface area contributed by atoms with Crippen LogP contribution in [0.1, 0.15) is 162 Å². The van der Waals surface area contributed by atoms with Crippen molar-refractivity contribution in [1.29, 1.82) is 0 Å². The van der Waals surface area contributed by atoms with E-state index in [1.807, 2.05) is 18.2 Å². The molecule has 342 valence electrons. The van der Waals surface area contributed by atoms with Crippen molar-refractivity contribution in [2.24, 2.45) is 0 Å². The second-order valence-electron chi connectivity index (χ2n) is 15.8. The summed E-state index contributed by atoms with van der Waals surface area (Å²) in [4.78, 5) is 12.9.